The number of hydrogen-bond acceptors (Lipinski definition) is 5. The zero-order valence-electron chi connectivity index (χ0n) is 17.0. The second-order valence-electron chi connectivity index (χ2n) is 8.82. The van der Waals surface area contributed by atoms with E-state index in [9.17, 15) is 9.59 Å². The molecule has 0 radical (unpaired) electrons. The zero-order valence-corrected chi connectivity index (χ0v) is 17.0. The highest BCUT2D eigenvalue weighted by molar-refractivity contribution is 5.81. The number of carbonyl (C=O) groups is 2. The largest absolute Gasteiger partial charge is 0.497 e. The van der Waals surface area contributed by atoms with E-state index in [1.54, 1.807) is 7.11 Å². The Balaban J connectivity index is 1.25. The number of hydrogen-bond donors (Lipinski definition) is 0. The fourth-order valence-electron chi connectivity index (χ4n) is 5.07. The van der Waals surface area contributed by atoms with E-state index in [1.165, 1.54) is 5.56 Å². The number of rotatable bonds is 4. The molecular weight excluding hydrogens is 370 g/mol. The van der Waals surface area contributed by atoms with Gasteiger partial charge in [-0.15, -0.1) is 0 Å². The van der Waals surface area contributed by atoms with Crippen LogP contribution in [-0.2, 0) is 16.1 Å². The van der Waals surface area contributed by atoms with Crippen molar-refractivity contribution in [2.75, 3.05) is 39.8 Å². The molecule has 1 aliphatic carbocycles. The van der Waals surface area contributed by atoms with Crippen LogP contribution in [0.4, 0.5) is 4.79 Å². The number of carbonyl (C=O) groups excluding carboxylic acids is 2. The van der Waals surface area contributed by atoms with Gasteiger partial charge in [-0.05, 0) is 30.5 Å². The van der Waals surface area contributed by atoms with Gasteiger partial charge >= 0.3 is 6.09 Å². The van der Waals surface area contributed by atoms with Crippen LogP contribution in [0.5, 0.6) is 5.75 Å². The number of benzene rings is 1. The number of piperidine rings is 1. The molecule has 1 saturated carbocycles. The Morgan fingerprint density at radius 1 is 1.14 bits per heavy atom. The lowest BCUT2D eigenvalue weighted by Crippen LogP contribution is -2.60. The number of fused-ring (bicyclic) bond motifs is 2. The molecule has 1 aromatic rings. The molecule has 0 N–H and O–H groups in total. The molecule has 0 bridgehead atoms. The van der Waals surface area contributed by atoms with Gasteiger partial charge in [0.15, 0.2) is 0 Å². The molecule has 5 rings (SSSR count). The summed E-state index contributed by atoms with van der Waals surface area (Å²) in [6.07, 6.45) is 3.38. The third-order valence-corrected chi connectivity index (χ3v) is 7.01. The zero-order chi connectivity index (χ0) is 20.0. The average molecular weight is 399 g/mol. The SMILES string of the molecule is COc1ccc(CN2CCN3C(=O)OC4(CCN(C(=O)C5CC5)CC4)C3C2)cc1. The fourth-order valence-corrected chi connectivity index (χ4v) is 5.07. The summed E-state index contributed by atoms with van der Waals surface area (Å²) in [5.41, 5.74) is 0.791. The standard InChI is InChI=1S/C22H29N3O4/c1-28-18-6-2-16(3-7-18)14-23-12-13-25-19(15-23)22(29-21(25)27)8-10-24(11-9-22)20(26)17-4-5-17/h2-3,6-7,17,19H,4-5,8-15H2,1H3. The van der Waals surface area contributed by atoms with Crippen LogP contribution in [0.2, 0.25) is 0 Å². The minimum absolute atomic E-state index is 0.0696. The molecule has 4 fully saturated rings. The Labute approximate surface area is 171 Å². The van der Waals surface area contributed by atoms with Crippen molar-refractivity contribution >= 4 is 12.0 Å². The Hall–Kier alpha value is -2.28. The summed E-state index contributed by atoms with van der Waals surface area (Å²) in [5.74, 6) is 1.41. The Kier molecular flexibility index (Phi) is 4.65. The summed E-state index contributed by atoms with van der Waals surface area (Å²) < 4.78 is 11.2. The molecule has 1 aromatic carbocycles. The number of amides is 2. The molecule has 7 nitrogen and oxygen atoms in total. The summed E-state index contributed by atoms with van der Waals surface area (Å²) in [4.78, 5) is 31.3. The minimum atomic E-state index is -0.448. The highest BCUT2D eigenvalue weighted by Gasteiger charge is 2.57. The van der Waals surface area contributed by atoms with E-state index in [0.717, 1.165) is 51.1 Å². The smallest absolute Gasteiger partial charge is 0.410 e. The van der Waals surface area contributed by atoms with Crippen LogP contribution >= 0.6 is 0 Å². The third kappa shape index (κ3) is 3.45. The first kappa shape index (κ1) is 18.7. The van der Waals surface area contributed by atoms with Crippen LogP contribution in [0.25, 0.3) is 0 Å². The van der Waals surface area contributed by atoms with E-state index >= 15 is 0 Å². The minimum Gasteiger partial charge on any atom is -0.497 e. The predicted molar refractivity (Wildman–Crippen MR) is 107 cm³/mol. The molecule has 3 aliphatic heterocycles. The summed E-state index contributed by atoms with van der Waals surface area (Å²) >= 11 is 0. The van der Waals surface area contributed by atoms with Gasteiger partial charge in [-0.3, -0.25) is 14.6 Å². The first-order valence-electron chi connectivity index (χ1n) is 10.7. The van der Waals surface area contributed by atoms with Gasteiger partial charge in [0.25, 0.3) is 0 Å². The summed E-state index contributed by atoms with van der Waals surface area (Å²) in [7, 11) is 1.67. The second-order valence-corrected chi connectivity index (χ2v) is 8.82. The Morgan fingerprint density at radius 3 is 2.52 bits per heavy atom. The Morgan fingerprint density at radius 2 is 1.86 bits per heavy atom. The normalized spacial score (nSPS) is 26.4. The number of nitrogens with zero attached hydrogens (tertiary/aromatic N) is 3. The van der Waals surface area contributed by atoms with Crippen LogP contribution in [0, 0.1) is 5.92 Å². The second kappa shape index (κ2) is 7.20. The van der Waals surface area contributed by atoms with Gasteiger partial charge in [-0.2, -0.15) is 0 Å². The van der Waals surface area contributed by atoms with E-state index in [-0.39, 0.29) is 18.1 Å². The number of ether oxygens (including phenoxy) is 2. The molecule has 156 valence electrons. The van der Waals surface area contributed by atoms with Crippen molar-refractivity contribution in [3.05, 3.63) is 29.8 Å². The van der Waals surface area contributed by atoms with E-state index in [1.807, 2.05) is 21.9 Å². The molecule has 3 heterocycles. The molecule has 0 aromatic heterocycles. The lowest BCUT2D eigenvalue weighted by Gasteiger charge is -2.45. The topological polar surface area (TPSA) is 62.3 Å². The van der Waals surface area contributed by atoms with E-state index in [4.69, 9.17) is 9.47 Å². The van der Waals surface area contributed by atoms with E-state index < -0.39 is 5.60 Å². The fraction of sp³-hybridized carbons (Fsp3) is 0.636. The van der Waals surface area contributed by atoms with Crippen molar-refractivity contribution in [2.24, 2.45) is 5.92 Å². The maximum Gasteiger partial charge on any atom is 0.410 e. The van der Waals surface area contributed by atoms with Crippen LogP contribution in [0.15, 0.2) is 24.3 Å². The summed E-state index contributed by atoms with van der Waals surface area (Å²) in [6, 6.07) is 8.24. The number of piperazine rings is 1. The molecule has 1 atom stereocenters. The van der Waals surface area contributed by atoms with Crippen molar-refractivity contribution in [2.45, 2.75) is 43.9 Å². The van der Waals surface area contributed by atoms with Crippen molar-refractivity contribution in [1.29, 1.82) is 0 Å². The van der Waals surface area contributed by atoms with Crippen LogP contribution < -0.4 is 4.74 Å². The van der Waals surface area contributed by atoms with E-state index in [2.05, 4.69) is 17.0 Å². The number of methoxy groups -OCH3 is 1. The van der Waals surface area contributed by atoms with Gasteiger partial charge in [0.05, 0.1) is 13.2 Å². The van der Waals surface area contributed by atoms with Crippen LogP contribution in [0.3, 0.4) is 0 Å². The predicted octanol–water partition coefficient (Wildman–Crippen LogP) is 2.10. The van der Waals surface area contributed by atoms with Crippen LogP contribution in [0.1, 0.15) is 31.2 Å². The lowest BCUT2D eigenvalue weighted by molar-refractivity contribution is -0.136. The molecule has 1 spiro atoms. The highest BCUT2D eigenvalue weighted by Crippen LogP contribution is 2.41. The van der Waals surface area contributed by atoms with Crippen molar-refractivity contribution < 1.29 is 19.1 Å². The van der Waals surface area contributed by atoms with Gasteiger partial charge in [-0.25, -0.2) is 4.79 Å². The third-order valence-electron chi connectivity index (χ3n) is 7.01. The van der Waals surface area contributed by atoms with E-state index in [0.29, 0.717) is 25.5 Å². The Bertz CT molecular complexity index is 784. The van der Waals surface area contributed by atoms with Crippen molar-refractivity contribution in [3.63, 3.8) is 0 Å². The highest BCUT2D eigenvalue weighted by atomic mass is 16.6. The maximum atomic E-state index is 12.5. The molecule has 7 heteroatoms. The lowest BCUT2D eigenvalue weighted by atomic mass is 9.83. The molecule has 4 aliphatic rings. The molecule has 29 heavy (non-hydrogen) atoms. The van der Waals surface area contributed by atoms with Gasteiger partial charge < -0.3 is 14.4 Å². The van der Waals surface area contributed by atoms with Crippen molar-refractivity contribution in [1.82, 2.24) is 14.7 Å². The van der Waals surface area contributed by atoms with Gasteiger partial charge in [0.1, 0.15) is 11.4 Å². The molecule has 1 unspecified atom stereocenters. The van der Waals surface area contributed by atoms with Gasteiger partial charge in [0, 0.05) is 58.0 Å². The average Bonchev–Trinajstić information content (AvgIpc) is 3.56. The summed E-state index contributed by atoms with van der Waals surface area (Å²) in [5, 5.41) is 0. The van der Waals surface area contributed by atoms with Crippen LogP contribution in [-0.4, -0.2) is 78.2 Å². The van der Waals surface area contributed by atoms with Gasteiger partial charge in [0.2, 0.25) is 5.91 Å². The molecule has 3 saturated heterocycles. The number of likely N-dealkylation sites (tertiary alicyclic amines) is 1. The monoisotopic (exact) mass is 399 g/mol. The first-order valence-corrected chi connectivity index (χ1v) is 10.7. The quantitative estimate of drug-likeness (QED) is 0.776. The van der Waals surface area contributed by atoms with Crippen molar-refractivity contribution in [3.8, 4) is 5.75 Å². The summed E-state index contributed by atoms with van der Waals surface area (Å²) in [6.45, 7) is 4.61. The first-order chi connectivity index (χ1) is 14.1. The molecule has 2 amide bonds. The molecular formula is C22H29N3O4. The van der Waals surface area contributed by atoms with Gasteiger partial charge in [-0.1, -0.05) is 12.1 Å². The maximum absolute atomic E-state index is 12.5.